The third-order valence-electron chi connectivity index (χ3n) is 2.04. The van der Waals surface area contributed by atoms with E-state index in [1.165, 1.54) is 0 Å². The molecular formula is C11H15NO2. The lowest BCUT2D eigenvalue weighted by Gasteiger charge is -2.14. The average Bonchev–Trinajstić information content (AvgIpc) is 2.17. The quantitative estimate of drug-likeness (QED) is 0.719. The Hall–Kier alpha value is -1.48. The van der Waals surface area contributed by atoms with Gasteiger partial charge < -0.3 is 15.6 Å². The minimum atomic E-state index is -0.136. The molecule has 0 aliphatic heterocycles. The van der Waals surface area contributed by atoms with Gasteiger partial charge in [0.15, 0.2) is 0 Å². The van der Waals surface area contributed by atoms with Gasteiger partial charge in [0.1, 0.15) is 11.5 Å². The number of ether oxygens (including phenoxy) is 1. The Balaban J connectivity index is 3.00. The summed E-state index contributed by atoms with van der Waals surface area (Å²) in [6, 6.07) is 4.78. The lowest BCUT2D eigenvalue weighted by molar-refractivity contribution is 0.399. The van der Waals surface area contributed by atoms with Gasteiger partial charge in [0, 0.05) is 17.7 Å². The summed E-state index contributed by atoms with van der Waals surface area (Å²) in [5.74, 6) is 0.788. The third kappa shape index (κ3) is 2.26. The predicted molar refractivity (Wildman–Crippen MR) is 56.4 cm³/mol. The second-order valence-corrected chi connectivity index (χ2v) is 3.06. The molecule has 1 aromatic carbocycles. The third-order valence-corrected chi connectivity index (χ3v) is 2.04. The Labute approximate surface area is 83.8 Å². The molecule has 3 nitrogen and oxygen atoms in total. The fourth-order valence-electron chi connectivity index (χ4n) is 1.31. The van der Waals surface area contributed by atoms with Gasteiger partial charge in [-0.25, -0.2) is 0 Å². The molecule has 0 heterocycles. The van der Waals surface area contributed by atoms with Crippen molar-refractivity contribution in [2.24, 2.45) is 5.73 Å². The Morgan fingerprint density at radius 3 is 2.93 bits per heavy atom. The van der Waals surface area contributed by atoms with Crippen LogP contribution >= 0.6 is 0 Å². The van der Waals surface area contributed by atoms with Gasteiger partial charge in [-0.3, -0.25) is 0 Å². The van der Waals surface area contributed by atoms with Gasteiger partial charge in [0.2, 0.25) is 0 Å². The number of aromatic hydroxyl groups is 1. The molecule has 0 unspecified atom stereocenters. The van der Waals surface area contributed by atoms with Crippen LogP contribution in [0.25, 0.3) is 0 Å². The molecule has 0 saturated heterocycles. The minimum Gasteiger partial charge on any atom is -0.508 e. The summed E-state index contributed by atoms with van der Waals surface area (Å²) in [5.41, 5.74) is 6.78. The number of phenolic OH excluding ortho intramolecular Hbond substituents is 1. The Morgan fingerprint density at radius 1 is 1.64 bits per heavy atom. The highest BCUT2D eigenvalue weighted by Crippen LogP contribution is 2.29. The summed E-state index contributed by atoms with van der Waals surface area (Å²) in [6.07, 6.45) is 2.44. The van der Waals surface area contributed by atoms with Crippen molar-refractivity contribution in [3.8, 4) is 11.5 Å². The zero-order valence-electron chi connectivity index (χ0n) is 8.23. The predicted octanol–water partition coefficient (Wildman–Crippen LogP) is 1.98. The zero-order valence-corrected chi connectivity index (χ0v) is 8.23. The van der Waals surface area contributed by atoms with E-state index in [1.54, 1.807) is 31.4 Å². The maximum absolute atomic E-state index is 9.24. The van der Waals surface area contributed by atoms with Crippen molar-refractivity contribution in [2.75, 3.05) is 7.11 Å². The van der Waals surface area contributed by atoms with Crippen LogP contribution in [-0.4, -0.2) is 12.2 Å². The summed E-state index contributed by atoms with van der Waals surface area (Å²) in [7, 11) is 1.55. The maximum Gasteiger partial charge on any atom is 0.127 e. The van der Waals surface area contributed by atoms with E-state index in [0.717, 1.165) is 5.56 Å². The highest BCUT2D eigenvalue weighted by molar-refractivity contribution is 5.41. The first-order valence-corrected chi connectivity index (χ1v) is 4.42. The summed E-state index contributed by atoms with van der Waals surface area (Å²) in [5, 5.41) is 9.24. The molecule has 0 aromatic heterocycles. The SMILES string of the molecule is C=CC[C@@H](N)c1ccc(O)cc1OC. The van der Waals surface area contributed by atoms with E-state index in [9.17, 15) is 5.11 Å². The largest absolute Gasteiger partial charge is 0.508 e. The monoisotopic (exact) mass is 193 g/mol. The Morgan fingerprint density at radius 2 is 2.36 bits per heavy atom. The molecule has 0 saturated carbocycles. The standard InChI is InChI=1S/C11H15NO2/c1-3-4-10(12)9-6-5-8(13)7-11(9)14-2/h3,5-7,10,13H,1,4,12H2,2H3/t10-/m1/s1. The summed E-state index contributed by atoms with van der Waals surface area (Å²) < 4.78 is 5.12. The van der Waals surface area contributed by atoms with Gasteiger partial charge in [-0.15, -0.1) is 6.58 Å². The van der Waals surface area contributed by atoms with Crippen molar-refractivity contribution < 1.29 is 9.84 Å². The van der Waals surface area contributed by atoms with E-state index in [1.807, 2.05) is 0 Å². The van der Waals surface area contributed by atoms with E-state index < -0.39 is 0 Å². The second kappa shape index (κ2) is 4.67. The molecular weight excluding hydrogens is 178 g/mol. The van der Waals surface area contributed by atoms with Crippen LogP contribution < -0.4 is 10.5 Å². The molecule has 3 heteroatoms. The van der Waals surface area contributed by atoms with Crippen molar-refractivity contribution in [1.82, 2.24) is 0 Å². The van der Waals surface area contributed by atoms with Gasteiger partial charge in [-0.05, 0) is 12.5 Å². The molecule has 0 aliphatic rings. The van der Waals surface area contributed by atoms with Crippen LogP contribution in [-0.2, 0) is 0 Å². The van der Waals surface area contributed by atoms with E-state index in [-0.39, 0.29) is 11.8 Å². The van der Waals surface area contributed by atoms with Gasteiger partial charge >= 0.3 is 0 Å². The lowest BCUT2D eigenvalue weighted by atomic mass is 10.0. The minimum absolute atomic E-state index is 0.136. The van der Waals surface area contributed by atoms with E-state index in [2.05, 4.69) is 6.58 Å². The van der Waals surface area contributed by atoms with Crippen molar-refractivity contribution in [2.45, 2.75) is 12.5 Å². The molecule has 3 N–H and O–H groups in total. The molecule has 1 aromatic rings. The molecule has 0 spiro atoms. The van der Waals surface area contributed by atoms with E-state index in [0.29, 0.717) is 12.2 Å². The second-order valence-electron chi connectivity index (χ2n) is 3.06. The van der Waals surface area contributed by atoms with Gasteiger partial charge in [0.05, 0.1) is 7.11 Å². The molecule has 0 bridgehead atoms. The first-order valence-electron chi connectivity index (χ1n) is 4.42. The van der Waals surface area contributed by atoms with Crippen molar-refractivity contribution >= 4 is 0 Å². The highest BCUT2D eigenvalue weighted by Gasteiger charge is 2.10. The average molecular weight is 193 g/mol. The first-order chi connectivity index (χ1) is 6.69. The van der Waals surface area contributed by atoms with Crippen molar-refractivity contribution in [1.29, 1.82) is 0 Å². The number of rotatable bonds is 4. The number of phenols is 1. The molecule has 1 atom stereocenters. The smallest absolute Gasteiger partial charge is 0.127 e. The fraction of sp³-hybridized carbons (Fsp3) is 0.273. The van der Waals surface area contributed by atoms with Crippen LogP contribution in [0.4, 0.5) is 0 Å². The van der Waals surface area contributed by atoms with Crippen LogP contribution in [0.15, 0.2) is 30.9 Å². The summed E-state index contributed by atoms with van der Waals surface area (Å²) in [6.45, 7) is 3.63. The van der Waals surface area contributed by atoms with Crippen LogP contribution in [0.1, 0.15) is 18.0 Å². The van der Waals surface area contributed by atoms with Crippen LogP contribution in [0.3, 0.4) is 0 Å². The molecule has 76 valence electrons. The number of hydrogen-bond acceptors (Lipinski definition) is 3. The van der Waals surface area contributed by atoms with Gasteiger partial charge in [-0.2, -0.15) is 0 Å². The molecule has 0 aliphatic carbocycles. The summed E-state index contributed by atoms with van der Waals surface area (Å²) >= 11 is 0. The molecule has 0 radical (unpaired) electrons. The number of methoxy groups -OCH3 is 1. The Bertz CT molecular complexity index is 323. The number of hydrogen-bond donors (Lipinski definition) is 2. The summed E-state index contributed by atoms with van der Waals surface area (Å²) in [4.78, 5) is 0. The number of nitrogens with two attached hydrogens (primary N) is 1. The maximum atomic E-state index is 9.24. The lowest BCUT2D eigenvalue weighted by Crippen LogP contribution is -2.10. The number of benzene rings is 1. The molecule has 1 rings (SSSR count). The molecule has 14 heavy (non-hydrogen) atoms. The highest BCUT2D eigenvalue weighted by atomic mass is 16.5. The molecule has 0 fully saturated rings. The zero-order chi connectivity index (χ0) is 10.6. The van der Waals surface area contributed by atoms with E-state index in [4.69, 9.17) is 10.5 Å². The Kier molecular flexibility index (Phi) is 3.54. The van der Waals surface area contributed by atoms with Gasteiger partial charge in [-0.1, -0.05) is 12.1 Å². The van der Waals surface area contributed by atoms with Crippen molar-refractivity contribution in [3.63, 3.8) is 0 Å². The van der Waals surface area contributed by atoms with Crippen molar-refractivity contribution in [3.05, 3.63) is 36.4 Å². The van der Waals surface area contributed by atoms with E-state index >= 15 is 0 Å². The fourth-order valence-corrected chi connectivity index (χ4v) is 1.31. The topological polar surface area (TPSA) is 55.5 Å². The van der Waals surface area contributed by atoms with Crippen LogP contribution in [0.2, 0.25) is 0 Å². The van der Waals surface area contributed by atoms with Crippen LogP contribution in [0, 0.1) is 0 Å². The molecule has 0 amide bonds. The normalized spacial score (nSPS) is 12.1. The first kappa shape index (κ1) is 10.6. The van der Waals surface area contributed by atoms with Crippen LogP contribution in [0.5, 0.6) is 11.5 Å². The van der Waals surface area contributed by atoms with Gasteiger partial charge in [0.25, 0.3) is 0 Å².